The van der Waals surface area contributed by atoms with Gasteiger partial charge in [-0.3, -0.25) is 0 Å². The Morgan fingerprint density at radius 3 is 2.23 bits per heavy atom. The minimum Gasteiger partial charge on any atom is -0.340 e. The summed E-state index contributed by atoms with van der Waals surface area (Å²) in [5.74, 6) is 1.55. The summed E-state index contributed by atoms with van der Waals surface area (Å²) in [6.45, 7) is 8.75. The van der Waals surface area contributed by atoms with Crippen LogP contribution in [0, 0.1) is 6.92 Å². The van der Waals surface area contributed by atoms with Gasteiger partial charge in [0.05, 0.1) is 11.4 Å². The second-order valence-corrected chi connectivity index (χ2v) is 9.58. The van der Waals surface area contributed by atoms with E-state index in [0.717, 1.165) is 50.6 Å². The van der Waals surface area contributed by atoms with Crippen LogP contribution >= 0.6 is 0 Å². The Hall–Kier alpha value is -4.32. The fourth-order valence-corrected chi connectivity index (χ4v) is 4.10. The Labute approximate surface area is 205 Å². The highest BCUT2D eigenvalue weighted by Gasteiger charge is 2.15. The number of hydrogen-bond acceptors (Lipinski definition) is 6. The first-order valence-corrected chi connectivity index (χ1v) is 11.6. The molecule has 0 spiro atoms. The lowest BCUT2D eigenvalue weighted by molar-refractivity contribution is 0.590. The van der Waals surface area contributed by atoms with Crippen LogP contribution in [0.1, 0.15) is 31.9 Å². The lowest BCUT2D eigenvalue weighted by Crippen LogP contribution is -2.10. The van der Waals surface area contributed by atoms with Crippen molar-refractivity contribution < 1.29 is 0 Å². The number of nitrogens with zero attached hydrogens (tertiary/aromatic N) is 4. The summed E-state index contributed by atoms with van der Waals surface area (Å²) >= 11 is 0. The number of nitrogens with one attached hydrogen (secondary N) is 2. The van der Waals surface area contributed by atoms with Gasteiger partial charge in [-0.2, -0.15) is 0 Å². The van der Waals surface area contributed by atoms with Gasteiger partial charge in [0, 0.05) is 40.6 Å². The average molecular weight is 461 g/mol. The predicted octanol–water partition coefficient (Wildman–Crippen LogP) is 7.18. The van der Waals surface area contributed by atoms with Crippen LogP contribution in [-0.4, -0.2) is 19.9 Å². The first-order chi connectivity index (χ1) is 16.9. The molecule has 3 aromatic heterocycles. The van der Waals surface area contributed by atoms with Gasteiger partial charge in [-0.05, 0) is 59.9 Å². The minimum absolute atomic E-state index is 0.116. The Balaban J connectivity index is 1.52. The summed E-state index contributed by atoms with van der Waals surface area (Å²) in [6, 6.07) is 20.6. The van der Waals surface area contributed by atoms with Gasteiger partial charge in [0.2, 0.25) is 0 Å². The van der Waals surface area contributed by atoms with Crippen LogP contribution in [-0.2, 0) is 5.41 Å². The van der Waals surface area contributed by atoms with E-state index in [-0.39, 0.29) is 5.41 Å². The van der Waals surface area contributed by atoms with E-state index in [2.05, 4.69) is 94.7 Å². The highest BCUT2D eigenvalue weighted by Crippen LogP contribution is 2.35. The lowest BCUT2D eigenvalue weighted by Gasteiger charge is -2.19. The number of aryl methyl sites for hydroxylation is 1. The molecule has 0 radical (unpaired) electrons. The quantitative estimate of drug-likeness (QED) is 0.289. The van der Waals surface area contributed by atoms with Crippen LogP contribution in [0.3, 0.4) is 0 Å². The molecule has 174 valence electrons. The van der Waals surface area contributed by atoms with E-state index >= 15 is 0 Å². The topological polar surface area (TPSA) is 75.6 Å². The summed E-state index contributed by atoms with van der Waals surface area (Å²) < 4.78 is 0. The molecule has 2 aromatic carbocycles. The van der Waals surface area contributed by atoms with Crippen molar-refractivity contribution in [3.05, 3.63) is 96.7 Å². The zero-order valence-electron chi connectivity index (χ0n) is 20.4. The van der Waals surface area contributed by atoms with Gasteiger partial charge >= 0.3 is 0 Å². The van der Waals surface area contributed by atoms with Crippen LogP contribution in [0.25, 0.3) is 22.0 Å². The molecule has 0 atom stereocenters. The molecular weight excluding hydrogens is 432 g/mol. The van der Waals surface area contributed by atoms with Crippen LogP contribution < -0.4 is 10.6 Å². The number of fused-ring (bicyclic) bond motifs is 1. The van der Waals surface area contributed by atoms with E-state index < -0.39 is 0 Å². The monoisotopic (exact) mass is 460 g/mol. The zero-order valence-corrected chi connectivity index (χ0v) is 20.4. The Morgan fingerprint density at radius 2 is 1.49 bits per heavy atom. The van der Waals surface area contributed by atoms with Gasteiger partial charge in [0.1, 0.15) is 18.0 Å². The smallest absolute Gasteiger partial charge is 0.139 e. The zero-order chi connectivity index (χ0) is 24.4. The first kappa shape index (κ1) is 22.5. The highest BCUT2D eigenvalue weighted by molar-refractivity contribution is 6.03. The number of aromatic nitrogens is 4. The summed E-state index contributed by atoms with van der Waals surface area (Å²) in [4.78, 5) is 17.7. The summed E-state index contributed by atoms with van der Waals surface area (Å²) in [5, 5.41) is 9.16. The molecule has 6 nitrogen and oxygen atoms in total. The molecule has 0 amide bonds. The molecule has 0 aliphatic heterocycles. The van der Waals surface area contributed by atoms with Crippen LogP contribution in [0.4, 0.5) is 23.0 Å². The third-order valence-electron chi connectivity index (χ3n) is 6.08. The standard InChI is InChI=1S/C29H28N6/c1-19-7-12-23-22(13-17-32-27(23)34-21-10-8-20(9-11-21)29(2,3)4)26(19)35-28-24(6-5-15-31-28)25-14-16-30-18-33-25/h5-18H,1-4H3,(H,31,35)(H,32,34). The molecule has 0 bridgehead atoms. The lowest BCUT2D eigenvalue weighted by atomic mass is 9.87. The highest BCUT2D eigenvalue weighted by atomic mass is 15.0. The fraction of sp³-hybridized carbons (Fsp3) is 0.172. The average Bonchev–Trinajstić information content (AvgIpc) is 2.86. The van der Waals surface area contributed by atoms with Crippen LogP contribution in [0.5, 0.6) is 0 Å². The molecule has 0 saturated heterocycles. The molecule has 0 fully saturated rings. The molecule has 35 heavy (non-hydrogen) atoms. The number of anilines is 4. The first-order valence-electron chi connectivity index (χ1n) is 11.6. The van der Waals surface area contributed by atoms with Gasteiger partial charge < -0.3 is 10.6 Å². The molecule has 0 aliphatic rings. The Morgan fingerprint density at radius 1 is 0.686 bits per heavy atom. The van der Waals surface area contributed by atoms with Crippen molar-refractivity contribution in [3.8, 4) is 11.3 Å². The third-order valence-corrected chi connectivity index (χ3v) is 6.08. The second kappa shape index (κ2) is 9.14. The van der Waals surface area contributed by atoms with Gasteiger partial charge in [0.25, 0.3) is 0 Å². The molecule has 6 heteroatoms. The Kier molecular flexibility index (Phi) is 5.87. The van der Waals surface area contributed by atoms with Crippen molar-refractivity contribution in [2.75, 3.05) is 10.6 Å². The number of pyridine rings is 2. The molecule has 2 N–H and O–H groups in total. The maximum atomic E-state index is 4.64. The molecule has 5 rings (SSSR count). The van der Waals surface area contributed by atoms with E-state index in [1.165, 1.54) is 5.56 Å². The molecule has 0 unspecified atom stereocenters. The van der Waals surface area contributed by atoms with E-state index in [0.29, 0.717) is 0 Å². The SMILES string of the molecule is Cc1ccc2c(Nc3ccc(C(C)(C)C)cc3)nccc2c1Nc1ncccc1-c1ccncn1. The largest absolute Gasteiger partial charge is 0.340 e. The number of rotatable bonds is 5. The molecule has 0 saturated carbocycles. The molecule has 0 aliphatic carbocycles. The minimum atomic E-state index is 0.116. The number of hydrogen-bond donors (Lipinski definition) is 2. The third kappa shape index (κ3) is 4.68. The van der Waals surface area contributed by atoms with Crippen molar-refractivity contribution in [1.82, 2.24) is 19.9 Å². The van der Waals surface area contributed by atoms with Crippen LogP contribution in [0.15, 0.2) is 85.6 Å². The number of benzene rings is 2. The maximum Gasteiger partial charge on any atom is 0.139 e. The van der Waals surface area contributed by atoms with E-state index in [1.807, 2.05) is 30.5 Å². The summed E-state index contributed by atoms with van der Waals surface area (Å²) in [5.41, 5.74) is 6.25. The summed E-state index contributed by atoms with van der Waals surface area (Å²) in [7, 11) is 0. The predicted molar refractivity (Wildman–Crippen MR) is 143 cm³/mol. The van der Waals surface area contributed by atoms with Crippen molar-refractivity contribution in [3.63, 3.8) is 0 Å². The molecule has 5 aromatic rings. The molecule has 3 heterocycles. The van der Waals surface area contributed by atoms with Crippen LogP contribution in [0.2, 0.25) is 0 Å². The Bertz CT molecular complexity index is 1470. The van der Waals surface area contributed by atoms with Gasteiger partial charge in [-0.25, -0.2) is 19.9 Å². The van der Waals surface area contributed by atoms with Gasteiger partial charge in [-0.1, -0.05) is 45.0 Å². The summed E-state index contributed by atoms with van der Waals surface area (Å²) in [6.07, 6.45) is 6.90. The maximum absolute atomic E-state index is 4.64. The van der Waals surface area contributed by atoms with Gasteiger partial charge in [0.15, 0.2) is 0 Å². The van der Waals surface area contributed by atoms with Crippen molar-refractivity contribution in [1.29, 1.82) is 0 Å². The fourth-order valence-electron chi connectivity index (χ4n) is 4.10. The van der Waals surface area contributed by atoms with E-state index in [4.69, 9.17) is 0 Å². The van der Waals surface area contributed by atoms with Crippen molar-refractivity contribution >= 4 is 33.8 Å². The van der Waals surface area contributed by atoms with E-state index in [9.17, 15) is 0 Å². The van der Waals surface area contributed by atoms with Crippen molar-refractivity contribution in [2.45, 2.75) is 33.1 Å². The van der Waals surface area contributed by atoms with Crippen molar-refractivity contribution in [2.24, 2.45) is 0 Å². The second-order valence-electron chi connectivity index (χ2n) is 9.58. The van der Waals surface area contributed by atoms with Gasteiger partial charge in [-0.15, -0.1) is 0 Å². The van der Waals surface area contributed by atoms with E-state index in [1.54, 1.807) is 18.7 Å². The molecular formula is C29H28N6. The normalized spacial score (nSPS) is 11.4.